The van der Waals surface area contributed by atoms with E-state index in [-0.39, 0.29) is 5.91 Å². The first-order chi connectivity index (χ1) is 9.33. The number of nitrogens with one attached hydrogen (secondary N) is 2. The van der Waals surface area contributed by atoms with Crippen LogP contribution in [0, 0.1) is 0 Å². The maximum Gasteiger partial charge on any atom is 0.253 e. The Morgan fingerprint density at radius 2 is 2.05 bits per heavy atom. The average molecular weight is 252 g/mol. The van der Waals surface area contributed by atoms with Gasteiger partial charge in [-0.05, 0) is 11.6 Å². The fourth-order valence-corrected chi connectivity index (χ4v) is 1.84. The quantitative estimate of drug-likeness (QED) is 0.747. The second kappa shape index (κ2) is 4.89. The second-order valence-corrected chi connectivity index (χ2v) is 4.20. The first kappa shape index (κ1) is 11.4. The number of hydrogen-bond acceptors (Lipinski definition) is 3. The molecule has 94 valence electrons. The van der Waals surface area contributed by atoms with E-state index >= 15 is 0 Å². The first-order valence-corrected chi connectivity index (χ1v) is 5.94. The molecule has 1 aromatic carbocycles. The van der Waals surface area contributed by atoms with Gasteiger partial charge in [0.15, 0.2) is 5.65 Å². The van der Waals surface area contributed by atoms with E-state index in [2.05, 4.69) is 20.5 Å². The van der Waals surface area contributed by atoms with Crippen LogP contribution in [0.1, 0.15) is 15.9 Å². The predicted molar refractivity (Wildman–Crippen MR) is 71.5 cm³/mol. The fourth-order valence-electron chi connectivity index (χ4n) is 1.84. The van der Waals surface area contributed by atoms with Crippen molar-refractivity contribution in [3.05, 3.63) is 59.9 Å². The summed E-state index contributed by atoms with van der Waals surface area (Å²) in [6, 6.07) is 11.5. The zero-order valence-electron chi connectivity index (χ0n) is 10.1. The minimum absolute atomic E-state index is 0.139. The van der Waals surface area contributed by atoms with Gasteiger partial charge in [-0.15, -0.1) is 0 Å². The lowest BCUT2D eigenvalue weighted by atomic mass is 10.2. The van der Waals surface area contributed by atoms with E-state index in [9.17, 15) is 4.79 Å². The van der Waals surface area contributed by atoms with Gasteiger partial charge < -0.3 is 5.32 Å². The number of aromatic nitrogens is 3. The molecule has 0 saturated heterocycles. The summed E-state index contributed by atoms with van der Waals surface area (Å²) in [6.07, 6.45) is 3.19. The van der Waals surface area contributed by atoms with Gasteiger partial charge in [0.05, 0.1) is 11.8 Å². The van der Waals surface area contributed by atoms with Crippen molar-refractivity contribution in [1.29, 1.82) is 0 Å². The molecule has 2 aromatic heterocycles. The Morgan fingerprint density at radius 3 is 2.89 bits per heavy atom. The number of H-pyrrole nitrogens is 1. The number of aromatic amines is 1. The zero-order chi connectivity index (χ0) is 13.1. The fraction of sp³-hybridized carbons (Fsp3) is 0.0714. The number of rotatable bonds is 3. The van der Waals surface area contributed by atoms with Crippen LogP contribution in [0.3, 0.4) is 0 Å². The number of nitrogens with zero attached hydrogens (tertiary/aromatic N) is 2. The van der Waals surface area contributed by atoms with E-state index < -0.39 is 0 Å². The van der Waals surface area contributed by atoms with E-state index in [1.807, 2.05) is 30.3 Å². The molecule has 2 heterocycles. The highest BCUT2D eigenvalue weighted by molar-refractivity contribution is 5.96. The van der Waals surface area contributed by atoms with Crippen LogP contribution in [-0.2, 0) is 6.54 Å². The lowest BCUT2D eigenvalue weighted by Crippen LogP contribution is -2.22. The Balaban J connectivity index is 1.73. The summed E-state index contributed by atoms with van der Waals surface area (Å²) in [5.41, 5.74) is 2.28. The average Bonchev–Trinajstić information content (AvgIpc) is 2.93. The summed E-state index contributed by atoms with van der Waals surface area (Å²) in [6.45, 7) is 0.503. The summed E-state index contributed by atoms with van der Waals surface area (Å²) in [4.78, 5) is 16.1. The molecule has 0 fully saturated rings. The molecule has 0 unspecified atom stereocenters. The van der Waals surface area contributed by atoms with Gasteiger partial charge in [-0.3, -0.25) is 9.89 Å². The summed E-state index contributed by atoms with van der Waals surface area (Å²) < 4.78 is 0. The highest BCUT2D eigenvalue weighted by Crippen LogP contribution is 2.09. The van der Waals surface area contributed by atoms with Gasteiger partial charge in [0, 0.05) is 18.1 Å². The molecule has 0 radical (unpaired) electrons. The van der Waals surface area contributed by atoms with Gasteiger partial charge in [0.1, 0.15) is 0 Å². The normalized spacial score (nSPS) is 10.5. The lowest BCUT2D eigenvalue weighted by molar-refractivity contribution is 0.0950. The maximum atomic E-state index is 12.0. The molecule has 0 atom stereocenters. The SMILES string of the molecule is O=C(NCc1ccccc1)c1cnc2[nH]ncc2c1. The van der Waals surface area contributed by atoms with Crippen molar-refractivity contribution >= 4 is 16.9 Å². The lowest BCUT2D eigenvalue weighted by Gasteiger charge is -2.05. The number of pyridine rings is 1. The van der Waals surface area contributed by atoms with Crippen molar-refractivity contribution in [3.63, 3.8) is 0 Å². The van der Waals surface area contributed by atoms with Crippen LogP contribution in [0.2, 0.25) is 0 Å². The maximum absolute atomic E-state index is 12.0. The van der Waals surface area contributed by atoms with Crippen molar-refractivity contribution in [2.45, 2.75) is 6.54 Å². The number of benzene rings is 1. The first-order valence-electron chi connectivity index (χ1n) is 5.94. The molecule has 0 aliphatic carbocycles. The zero-order valence-corrected chi connectivity index (χ0v) is 10.1. The molecule has 5 nitrogen and oxygen atoms in total. The highest BCUT2D eigenvalue weighted by Gasteiger charge is 2.07. The number of fused-ring (bicyclic) bond motifs is 1. The Labute approximate surface area is 109 Å². The molecule has 0 saturated carbocycles. The van der Waals surface area contributed by atoms with Gasteiger partial charge >= 0.3 is 0 Å². The standard InChI is InChI=1S/C14H12N4O/c19-14(16-7-10-4-2-1-3-5-10)12-6-11-9-17-18-13(11)15-8-12/h1-6,8-9H,7H2,(H,16,19)(H,15,17,18). The largest absolute Gasteiger partial charge is 0.348 e. The molecule has 1 amide bonds. The third kappa shape index (κ3) is 2.44. The Bertz CT molecular complexity index is 706. The minimum Gasteiger partial charge on any atom is -0.348 e. The van der Waals surface area contributed by atoms with E-state index in [1.54, 1.807) is 18.5 Å². The molecule has 0 spiro atoms. The van der Waals surface area contributed by atoms with Crippen LogP contribution < -0.4 is 5.32 Å². The van der Waals surface area contributed by atoms with E-state index in [4.69, 9.17) is 0 Å². The Hall–Kier alpha value is -2.69. The topological polar surface area (TPSA) is 70.7 Å². The van der Waals surface area contributed by atoms with E-state index in [1.165, 1.54) is 0 Å². The van der Waals surface area contributed by atoms with Crippen LogP contribution in [0.25, 0.3) is 11.0 Å². The van der Waals surface area contributed by atoms with Gasteiger partial charge in [0.25, 0.3) is 5.91 Å². The summed E-state index contributed by atoms with van der Waals surface area (Å²) in [5, 5.41) is 10.3. The van der Waals surface area contributed by atoms with Crippen molar-refractivity contribution in [1.82, 2.24) is 20.5 Å². The van der Waals surface area contributed by atoms with Crippen LogP contribution in [0.15, 0.2) is 48.8 Å². The molecule has 0 aliphatic heterocycles. The van der Waals surface area contributed by atoms with E-state index in [0.29, 0.717) is 17.8 Å². The van der Waals surface area contributed by atoms with Crippen molar-refractivity contribution in [3.8, 4) is 0 Å². The van der Waals surface area contributed by atoms with Crippen LogP contribution in [0.5, 0.6) is 0 Å². The predicted octanol–water partition coefficient (Wildman–Crippen LogP) is 1.89. The highest BCUT2D eigenvalue weighted by atomic mass is 16.1. The number of hydrogen-bond donors (Lipinski definition) is 2. The third-order valence-corrected chi connectivity index (χ3v) is 2.85. The number of carbonyl (C=O) groups is 1. The number of amides is 1. The van der Waals surface area contributed by atoms with Crippen LogP contribution in [0.4, 0.5) is 0 Å². The molecular weight excluding hydrogens is 240 g/mol. The summed E-state index contributed by atoms with van der Waals surface area (Å²) >= 11 is 0. The molecule has 3 aromatic rings. The smallest absolute Gasteiger partial charge is 0.253 e. The van der Waals surface area contributed by atoms with Gasteiger partial charge in [-0.25, -0.2) is 4.98 Å². The summed E-state index contributed by atoms with van der Waals surface area (Å²) in [7, 11) is 0. The molecular formula is C14H12N4O. The Morgan fingerprint density at radius 1 is 1.21 bits per heavy atom. The van der Waals surface area contributed by atoms with Crippen molar-refractivity contribution in [2.75, 3.05) is 0 Å². The summed E-state index contributed by atoms with van der Waals surface area (Å²) in [5.74, 6) is -0.139. The van der Waals surface area contributed by atoms with Gasteiger partial charge in [0.2, 0.25) is 0 Å². The Kier molecular flexibility index (Phi) is 2.94. The monoisotopic (exact) mass is 252 g/mol. The van der Waals surface area contributed by atoms with Crippen molar-refractivity contribution in [2.24, 2.45) is 0 Å². The van der Waals surface area contributed by atoms with Crippen LogP contribution >= 0.6 is 0 Å². The van der Waals surface area contributed by atoms with Crippen LogP contribution in [-0.4, -0.2) is 21.1 Å². The molecule has 3 rings (SSSR count). The minimum atomic E-state index is -0.139. The van der Waals surface area contributed by atoms with E-state index in [0.717, 1.165) is 10.9 Å². The van der Waals surface area contributed by atoms with Crippen molar-refractivity contribution < 1.29 is 4.79 Å². The number of carbonyl (C=O) groups excluding carboxylic acids is 1. The molecule has 2 N–H and O–H groups in total. The molecule has 0 aliphatic rings. The van der Waals surface area contributed by atoms with Gasteiger partial charge in [-0.1, -0.05) is 30.3 Å². The third-order valence-electron chi connectivity index (χ3n) is 2.85. The molecule has 0 bridgehead atoms. The van der Waals surface area contributed by atoms with Gasteiger partial charge in [-0.2, -0.15) is 5.10 Å². The molecule has 5 heteroatoms. The second-order valence-electron chi connectivity index (χ2n) is 4.20. The molecule has 19 heavy (non-hydrogen) atoms.